The van der Waals surface area contributed by atoms with Crippen LogP contribution in [0.2, 0.25) is 0 Å². The van der Waals surface area contributed by atoms with Gasteiger partial charge in [0.1, 0.15) is 5.65 Å². The predicted molar refractivity (Wildman–Crippen MR) is 98.0 cm³/mol. The van der Waals surface area contributed by atoms with E-state index in [0.29, 0.717) is 0 Å². The standard InChI is InChI=1S/C21H15N3O/c22-20(25)19-16-5-2-1-4-15(16)18-14(6-3-7-17(18)19)13-10-12-8-9-23-21(12)24-11-13/h1-11,19H,(H2,22,25)(H,23,24). The van der Waals surface area contributed by atoms with Gasteiger partial charge in [0.05, 0.1) is 5.92 Å². The summed E-state index contributed by atoms with van der Waals surface area (Å²) < 4.78 is 0. The van der Waals surface area contributed by atoms with E-state index in [9.17, 15) is 4.79 Å². The van der Waals surface area contributed by atoms with Crippen LogP contribution in [0.25, 0.3) is 33.3 Å². The minimum absolute atomic E-state index is 0.317. The highest BCUT2D eigenvalue weighted by molar-refractivity contribution is 6.00. The van der Waals surface area contributed by atoms with Crippen molar-refractivity contribution < 1.29 is 4.79 Å². The average Bonchev–Trinajstić information content (AvgIpc) is 3.22. The van der Waals surface area contributed by atoms with Crippen molar-refractivity contribution in [1.29, 1.82) is 0 Å². The average molecular weight is 325 g/mol. The molecule has 1 aliphatic rings. The van der Waals surface area contributed by atoms with E-state index in [0.717, 1.165) is 44.4 Å². The Labute approximate surface area is 144 Å². The second-order valence-electron chi connectivity index (χ2n) is 6.33. The Morgan fingerprint density at radius 1 is 1.00 bits per heavy atom. The van der Waals surface area contributed by atoms with E-state index in [4.69, 9.17) is 5.73 Å². The van der Waals surface area contributed by atoms with Crippen molar-refractivity contribution in [3.05, 3.63) is 78.1 Å². The van der Waals surface area contributed by atoms with Crippen LogP contribution in [0.3, 0.4) is 0 Å². The van der Waals surface area contributed by atoms with E-state index in [-0.39, 0.29) is 5.91 Å². The van der Waals surface area contributed by atoms with Crippen LogP contribution in [-0.2, 0) is 4.79 Å². The Hall–Kier alpha value is -3.40. The molecule has 0 spiro atoms. The van der Waals surface area contributed by atoms with Crippen molar-refractivity contribution in [2.45, 2.75) is 5.92 Å². The Morgan fingerprint density at radius 2 is 1.80 bits per heavy atom. The molecule has 4 nitrogen and oxygen atoms in total. The van der Waals surface area contributed by atoms with Gasteiger partial charge in [0.2, 0.25) is 5.91 Å². The summed E-state index contributed by atoms with van der Waals surface area (Å²) in [5, 5.41) is 1.06. The number of nitrogens with two attached hydrogens (primary N) is 1. The maximum Gasteiger partial charge on any atom is 0.229 e. The number of primary amides is 1. The van der Waals surface area contributed by atoms with Gasteiger partial charge in [-0.15, -0.1) is 0 Å². The Kier molecular flexibility index (Phi) is 2.82. The number of amides is 1. The van der Waals surface area contributed by atoms with E-state index < -0.39 is 5.92 Å². The van der Waals surface area contributed by atoms with E-state index in [1.165, 1.54) is 0 Å². The number of aromatic nitrogens is 2. The lowest BCUT2D eigenvalue weighted by atomic mass is 9.93. The number of nitrogens with zero attached hydrogens (tertiary/aromatic N) is 1. The third kappa shape index (κ3) is 1.94. The molecule has 0 radical (unpaired) electrons. The fourth-order valence-corrected chi connectivity index (χ4v) is 3.89. The van der Waals surface area contributed by atoms with Crippen molar-refractivity contribution in [2.75, 3.05) is 0 Å². The summed E-state index contributed by atoms with van der Waals surface area (Å²) >= 11 is 0. The van der Waals surface area contributed by atoms with Crippen LogP contribution in [-0.4, -0.2) is 15.9 Å². The number of hydrogen-bond acceptors (Lipinski definition) is 2. The molecule has 120 valence electrons. The minimum Gasteiger partial charge on any atom is -0.369 e. The summed E-state index contributed by atoms with van der Waals surface area (Å²) in [4.78, 5) is 19.7. The first-order chi connectivity index (χ1) is 12.2. The molecule has 1 amide bonds. The summed E-state index contributed by atoms with van der Waals surface area (Å²) in [5.74, 6) is -0.710. The highest BCUT2D eigenvalue weighted by atomic mass is 16.1. The molecule has 2 aromatic carbocycles. The summed E-state index contributed by atoms with van der Waals surface area (Å²) in [5.41, 5.74) is 12.8. The molecule has 0 bridgehead atoms. The normalized spacial score (nSPS) is 15.1. The molecule has 2 aromatic heterocycles. The molecular formula is C21H15N3O. The Balaban J connectivity index is 1.81. The number of benzene rings is 2. The third-order valence-electron chi connectivity index (χ3n) is 4.94. The lowest BCUT2D eigenvalue weighted by Gasteiger charge is -2.11. The van der Waals surface area contributed by atoms with Gasteiger partial charge in [0, 0.05) is 23.3 Å². The van der Waals surface area contributed by atoms with Gasteiger partial charge in [0.25, 0.3) is 0 Å². The third-order valence-corrected chi connectivity index (χ3v) is 4.94. The maximum atomic E-state index is 12.1. The molecule has 1 aliphatic carbocycles. The van der Waals surface area contributed by atoms with Gasteiger partial charge in [-0.3, -0.25) is 4.79 Å². The molecular weight excluding hydrogens is 310 g/mol. The zero-order valence-electron chi connectivity index (χ0n) is 13.4. The molecule has 0 saturated carbocycles. The molecule has 5 rings (SSSR count). The number of hydrogen-bond donors (Lipinski definition) is 2. The maximum absolute atomic E-state index is 12.1. The zero-order chi connectivity index (χ0) is 17.0. The summed E-state index contributed by atoms with van der Waals surface area (Å²) in [6.45, 7) is 0. The van der Waals surface area contributed by atoms with Crippen LogP contribution < -0.4 is 5.73 Å². The topological polar surface area (TPSA) is 71.8 Å². The number of aromatic amines is 1. The van der Waals surface area contributed by atoms with Crippen LogP contribution in [0.15, 0.2) is 67.0 Å². The molecule has 0 saturated heterocycles. The summed E-state index contributed by atoms with van der Waals surface area (Å²) in [6, 6.07) is 18.2. The SMILES string of the molecule is NC(=O)C1c2ccccc2-c2c(-c3cnc4[nH]ccc4c3)cccc21. The lowest BCUT2D eigenvalue weighted by Crippen LogP contribution is -2.20. The molecule has 0 aliphatic heterocycles. The zero-order valence-corrected chi connectivity index (χ0v) is 13.4. The van der Waals surface area contributed by atoms with Crippen LogP contribution in [0.5, 0.6) is 0 Å². The van der Waals surface area contributed by atoms with E-state index >= 15 is 0 Å². The van der Waals surface area contributed by atoms with Gasteiger partial charge in [-0.25, -0.2) is 4.98 Å². The lowest BCUT2D eigenvalue weighted by molar-refractivity contribution is -0.118. The highest BCUT2D eigenvalue weighted by Gasteiger charge is 2.33. The number of carbonyl (C=O) groups excluding carboxylic acids is 1. The van der Waals surface area contributed by atoms with Gasteiger partial charge in [-0.1, -0.05) is 42.5 Å². The summed E-state index contributed by atoms with van der Waals surface area (Å²) in [7, 11) is 0. The molecule has 0 fully saturated rings. The van der Waals surface area contributed by atoms with Crippen molar-refractivity contribution in [3.8, 4) is 22.3 Å². The largest absolute Gasteiger partial charge is 0.369 e. The summed E-state index contributed by atoms with van der Waals surface area (Å²) in [6.07, 6.45) is 3.75. The molecule has 1 unspecified atom stereocenters. The van der Waals surface area contributed by atoms with Crippen molar-refractivity contribution in [2.24, 2.45) is 5.73 Å². The second-order valence-corrected chi connectivity index (χ2v) is 6.33. The molecule has 25 heavy (non-hydrogen) atoms. The fraction of sp³-hybridized carbons (Fsp3) is 0.0476. The first-order valence-corrected chi connectivity index (χ1v) is 8.19. The van der Waals surface area contributed by atoms with Gasteiger partial charge in [0.15, 0.2) is 0 Å². The first-order valence-electron chi connectivity index (χ1n) is 8.19. The monoisotopic (exact) mass is 325 g/mol. The number of fused-ring (bicyclic) bond motifs is 4. The van der Waals surface area contributed by atoms with Gasteiger partial charge in [-0.2, -0.15) is 0 Å². The number of nitrogens with one attached hydrogen (secondary N) is 1. The quantitative estimate of drug-likeness (QED) is 0.588. The Morgan fingerprint density at radius 3 is 2.68 bits per heavy atom. The number of rotatable bonds is 2. The molecule has 4 aromatic rings. The van der Waals surface area contributed by atoms with Crippen LogP contribution >= 0.6 is 0 Å². The van der Waals surface area contributed by atoms with E-state index in [2.05, 4.69) is 28.2 Å². The van der Waals surface area contributed by atoms with E-state index in [1.807, 2.05) is 48.8 Å². The van der Waals surface area contributed by atoms with Crippen molar-refractivity contribution >= 4 is 16.9 Å². The van der Waals surface area contributed by atoms with Gasteiger partial charge < -0.3 is 10.7 Å². The number of H-pyrrole nitrogens is 1. The van der Waals surface area contributed by atoms with Crippen LogP contribution in [0.1, 0.15) is 17.0 Å². The van der Waals surface area contributed by atoms with Gasteiger partial charge >= 0.3 is 0 Å². The predicted octanol–water partition coefficient (Wildman–Crippen LogP) is 3.83. The van der Waals surface area contributed by atoms with E-state index in [1.54, 1.807) is 0 Å². The fourth-order valence-electron chi connectivity index (χ4n) is 3.89. The molecule has 2 heterocycles. The number of carbonyl (C=O) groups is 1. The smallest absolute Gasteiger partial charge is 0.229 e. The highest BCUT2D eigenvalue weighted by Crippen LogP contribution is 2.48. The van der Waals surface area contributed by atoms with Crippen LogP contribution in [0.4, 0.5) is 0 Å². The minimum atomic E-state index is -0.393. The molecule has 3 N–H and O–H groups in total. The molecule has 4 heteroatoms. The van der Waals surface area contributed by atoms with Gasteiger partial charge in [-0.05, 0) is 39.9 Å². The second kappa shape index (κ2) is 5.05. The first kappa shape index (κ1) is 14.0. The van der Waals surface area contributed by atoms with Crippen LogP contribution in [0, 0.1) is 0 Å². The molecule has 1 atom stereocenters. The van der Waals surface area contributed by atoms with Crippen molar-refractivity contribution in [3.63, 3.8) is 0 Å². The van der Waals surface area contributed by atoms with Crippen molar-refractivity contribution in [1.82, 2.24) is 9.97 Å². The Bertz CT molecular complexity index is 1140. The number of pyridine rings is 1.